The SMILES string of the molecule is C#Cc1ccc(CCN(C)C(=O)OC(C)(C)C)cc1. The van der Waals surface area contributed by atoms with E-state index in [4.69, 9.17) is 11.2 Å². The highest BCUT2D eigenvalue weighted by atomic mass is 16.6. The van der Waals surface area contributed by atoms with Crippen LogP contribution in [0, 0.1) is 12.3 Å². The number of likely N-dealkylation sites (N-methyl/N-ethyl adjacent to an activating group) is 1. The molecule has 0 radical (unpaired) electrons. The molecule has 0 fully saturated rings. The number of ether oxygens (including phenoxy) is 1. The molecule has 102 valence electrons. The molecule has 0 atom stereocenters. The molecular formula is C16H21NO2. The van der Waals surface area contributed by atoms with Gasteiger partial charge in [0.25, 0.3) is 0 Å². The van der Waals surface area contributed by atoms with Gasteiger partial charge in [0.1, 0.15) is 5.60 Å². The van der Waals surface area contributed by atoms with Crippen molar-refractivity contribution < 1.29 is 9.53 Å². The van der Waals surface area contributed by atoms with Gasteiger partial charge in [0.2, 0.25) is 0 Å². The highest BCUT2D eigenvalue weighted by Crippen LogP contribution is 2.10. The highest BCUT2D eigenvalue weighted by Gasteiger charge is 2.19. The van der Waals surface area contributed by atoms with Crippen molar-refractivity contribution in [3.63, 3.8) is 0 Å². The normalized spacial score (nSPS) is 10.7. The Kier molecular flexibility index (Phi) is 5.00. The van der Waals surface area contributed by atoms with Crippen LogP contribution in [0.15, 0.2) is 24.3 Å². The topological polar surface area (TPSA) is 29.5 Å². The number of hydrogen-bond acceptors (Lipinski definition) is 2. The lowest BCUT2D eigenvalue weighted by atomic mass is 10.1. The standard InChI is InChI=1S/C16H21NO2/c1-6-13-7-9-14(10-8-13)11-12-17(5)15(18)19-16(2,3)4/h1,7-10H,11-12H2,2-5H3. The number of benzene rings is 1. The second-order valence-electron chi connectivity index (χ2n) is 5.49. The van der Waals surface area contributed by atoms with Gasteiger partial charge in [0.15, 0.2) is 0 Å². The van der Waals surface area contributed by atoms with Gasteiger partial charge in [-0.3, -0.25) is 0 Å². The van der Waals surface area contributed by atoms with Crippen molar-refractivity contribution in [1.29, 1.82) is 0 Å². The predicted octanol–water partition coefficient (Wildman–Crippen LogP) is 3.08. The van der Waals surface area contributed by atoms with Crippen molar-refractivity contribution in [2.24, 2.45) is 0 Å². The van der Waals surface area contributed by atoms with Crippen LogP contribution in [0.5, 0.6) is 0 Å². The lowest BCUT2D eigenvalue weighted by Gasteiger charge is -2.24. The summed E-state index contributed by atoms with van der Waals surface area (Å²) in [6, 6.07) is 7.78. The van der Waals surface area contributed by atoms with Gasteiger partial charge in [-0.05, 0) is 44.9 Å². The minimum absolute atomic E-state index is 0.298. The molecule has 1 aromatic carbocycles. The van der Waals surface area contributed by atoms with E-state index >= 15 is 0 Å². The first-order valence-electron chi connectivity index (χ1n) is 6.31. The molecule has 0 aromatic heterocycles. The summed E-state index contributed by atoms with van der Waals surface area (Å²) in [7, 11) is 1.74. The Labute approximate surface area is 115 Å². The Morgan fingerprint density at radius 3 is 2.37 bits per heavy atom. The van der Waals surface area contributed by atoms with Gasteiger partial charge in [0, 0.05) is 19.2 Å². The molecule has 19 heavy (non-hydrogen) atoms. The van der Waals surface area contributed by atoms with E-state index in [1.165, 1.54) is 0 Å². The summed E-state index contributed by atoms with van der Waals surface area (Å²) in [5, 5.41) is 0. The molecule has 1 aromatic rings. The van der Waals surface area contributed by atoms with Crippen LogP contribution in [0.1, 0.15) is 31.9 Å². The Morgan fingerprint density at radius 1 is 1.32 bits per heavy atom. The molecular weight excluding hydrogens is 238 g/mol. The van der Waals surface area contributed by atoms with Crippen molar-refractivity contribution in [3.8, 4) is 12.3 Å². The van der Waals surface area contributed by atoms with E-state index < -0.39 is 5.60 Å². The first-order chi connectivity index (χ1) is 8.81. The maximum Gasteiger partial charge on any atom is 0.410 e. The fourth-order valence-electron chi connectivity index (χ4n) is 1.50. The largest absolute Gasteiger partial charge is 0.444 e. The van der Waals surface area contributed by atoms with Gasteiger partial charge >= 0.3 is 6.09 Å². The lowest BCUT2D eigenvalue weighted by molar-refractivity contribution is 0.0301. The summed E-state index contributed by atoms with van der Waals surface area (Å²) >= 11 is 0. The zero-order valence-electron chi connectivity index (χ0n) is 12.1. The summed E-state index contributed by atoms with van der Waals surface area (Å²) in [5.41, 5.74) is 1.55. The van der Waals surface area contributed by atoms with Crippen molar-refractivity contribution in [2.45, 2.75) is 32.8 Å². The molecule has 0 aliphatic heterocycles. The molecule has 0 heterocycles. The van der Waals surface area contributed by atoms with E-state index in [1.807, 2.05) is 45.0 Å². The molecule has 3 nitrogen and oxygen atoms in total. The Hall–Kier alpha value is -1.95. The third-order valence-corrected chi connectivity index (χ3v) is 2.56. The zero-order chi connectivity index (χ0) is 14.5. The monoisotopic (exact) mass is 259 g/mol. The first kappa shape index (κ1) is 15.1. The average Bonchev–Trinajstić information content (AvgIpc) is 2.34. The maximum atomic E-state index is 11.8. The van der Waals surface area contributed by atoms with Crippen LogP contribution in [0.25, 0.3) is 0 Å². The highest BCUT2D eigenvalue weighted by molar-refractivity contribution is 5.67. The molecule has 0 saturated heterocycles. The van der Waals surface area contributed by atoms with Crippen molar-refractivity contribution >= 4 is 6.09 Å². The third kappa shape index (κ3) is 5.48. The second-order valence-corrected chi connectivity index (χ2v) is 5.49. The van der Waals surface area contributed by atoms with Crippen molar-refractivity contribution in [3.05, 3.63) is 35.4 Å². The van der Waals surface area contributed by atoms with Crippen LogP contribution in [-0.2, 0) is 11.2 Å². The fraction of sp³-hybridized carbons (Fsp3) is 0.438. The van der Waals surface area contributed by atoms with E-state index in [0.29, 0.717) is 6.54 Å². The van der Waals surface area contributed by atoms with Crippen LogP contribution < -0.4 is 0 Å². The number of terminal acetylenes is 1. The van der Waals surface area contributed by atoms with Crippen LogP contribution in [0.3, 0.4) is 0 Å². The molecule has 0 N–H and O–H groups in total. The summed E-state index contributed by atoms with van der Waals surface area (Å²) < 4.78 is 5.28. The number of nitrogens with zero attached hydrogens (tertiary/aromatic N) is 1. The van der Waals surface area contributed by atoms with Gasteiger partial charge < -0.3 is 9.64 Å². The van der Waals surface area contributed by atoms with Crippen LogP contribution in [-0.4, -0.2) is 30.2 Å². The Bertz CT molecular complexity index is 463. The number of hydrogen-bond donors (Lipinski definition) is 0. The van der Waals surface area contributed by atoms with Crippen LogP contribution >= 0.6 is 0 Å². The van der Waals surface area contributed by atoms with Crippen LogP contribution in [0.2, 0.25) is 0 Å². The van der Waals surface area contributed by atoms with Crippen molar-refractivity contribution in [2.75, 3.05) is 13.6 Å². The maximum absolute atomic E-state index is 11.8. The summed E-state index contributed by atoms with van der Waals surface area (Å²) in [6.45, 7) is 6.19. The predicted molar refractivity (Wildman–Crippen MR) is 76.9 cm³/mol. The molecule has 0 aliphatic carbocycles. The average molecular weight is 259 g/mol. The van der Waals surface area contributed by atoms with Crippen molar-refractivity contribution in [1.82, 2.24) is 4.90 Å². The van der Waals surface area contributed by atoms with Gasteiger partial charge in [-0.25, -0.2) is 4.79 Å². The zero-order valence-corrected chi connectivity index (χ0v) is 12.1. The third-order valence-electron chi connectivity index (χ3n) is 2.56. The van der Waals surface area contributed by atoms with E-state index in [-0.39, 0.29) is 6.09 Å². The second kappa shape index (κ2) is 6.29. The quantitative estimate of drug-likeness (QED) is 0.781. The smallest absolute Gasteiger partial charge is 0.410 e. The fourth-order valence-corrected chi connectivity index (χ4v) is 1.50. The minimum Gasteiger partial charge on any atom is -0.444 e. The Balaban J connectivity index is 2.47. The lowest BCUT2D eigenvalue weighted by Crippen LogP contribution is -2.35. The van der Waals surface area contributed by atoms with Gasteiger partial charge in [-0.2, -0.15) is 0 Å². The summed E-state index contributed by atoms with van der Waals surface area (Å²) in [4.78, 5) is 13.3. The molecule has 0 spiro atoms. The number of carbonyl (C=O) groups is 1. The minimum atomic E-state index is -0.459. The first-order valence-corrected chi connectivity index (χ1v) is 6.31. The molecule has 1 amide bonds. The molecule has 0 saturated carbocycles. The molecule has 0 bridgehead atoms. The summed E-state index contributed by atoms with van der Waals surface area (Å²) in [6.07, 6.45) is 5.78. The molecule has 0 unspecified atom stereocenters. The number of amides is 1. The van der Waals surface area contributed by atoms with E-state index in [9.17, 15) is 4.79 Å². The van der Waals surface area contributed by atoms with E-state index in [2.05, 4.69) is 5.92 Å². The number of rotatable bonds is 3. The van der Waals surface area contributed by atoms with Gasteiger partial charge in [-0.1, -0.05) is 18.1 Å². The van der Waals surface area contributed by atoms with Gasteiger partial charge in [-0.15, -0.1) is 6.42 Å². The Morgan fingerprint density at radius 2 is 1.89 bits per heavy atom. The van der Waals surface area contributed by atoms with Gasteiger partial charge in [0.05, 0.1) is 0 Å². The molecule has 3 heteroatoms. The number of carbonyl (C=O) groups excluding carboxylic acids is 1. The summed E-state index contributed by atoms with van der Waals surface area (Å²) in [5.74, 6) is 2.58. The molecule has 1 rings (SSSR count). The van der Waals surface area contributed by atoms with E-state index in [0.717, 1.165) is 17.5 Å². The van der Waals surface area contributed by atoms with Crippen LogP contribution in [0.4, 0.5) is 4.79 Å². The van der Waals surface area contributed by atoms with E-state index in [1.54, 1.807) is 11.9 Å². The molecule has 0 aliphatic rings.